The minimum atomic E-state index is -0.340. The van der Waals surface area contributed by atoms with Gasteiger partial charge in [0.1, 0.15) is 13.0 Å². The van der Waals surface area contributed by atoms with Crippen LogP contribution < -0.4 is 0 Å². The van der Waals surface area contributed by atoms with Crippen molar-refractivity contribution in [1.82, 2.24) is 5.06 Å². The van der Waals surface area contributed by atoms with Crippen LogP contribution in [0.25, 0.3) is 0 Å². The van der Waals surface area contributed by atoms with Crippen LogP contribution in [0, 0.1) is 5.41 Å². The molecular weight excluding hydrogens is 146 g/mol. The van der Waals surface area contributed by atoms with Crippen LogP contribution in [-0.4, -0.2) is 34.9 Å². The minimum absolute atomic E-state index is 0.0330. The van der Waals surface area contributed by atoms with Gasteiger partial charge in [0.2, 0.25) is 0 Å². The van der Waals surface area contributed by atoms with Crippen molar-refractivity contribution in [2.45, 2.75) is 26.5 Å². The summed E-state index contributed by atoms with van der Waals surface area (Å²) in [6, 6.07) is 0. The van der Waals surface area contributed by atoms with Crippen molar-refractivity contribution in [3.05, 3.63) is 0 Å². The molecular formula is C7H15NO3. The maximum atomic E-state index is 9.10. The van der Waals surface area contributed by atoms with E-state index < -0.39 is 0 Å². The van der Waals surface area contributed by atoms with Gasteiger partial charge in [-0.3, -0.25) is 0 Å². The standard InChI is InChI=1S/C7H15NO3/c1-3-7(2,4-9)6-8(10)5-11-6/h6,9-10H,3-5H2,1-2H3. The fourth-order valence-electron chi connectivity index (χ4n) is 1.14. The fraction of sp³-hybridized carbons (Fsp3) is 1.00. The number of hydroxylamine groups is 2. The molecule has 0 bridgehead atoms. The van der Waals surface area contributed by atoms with Gasteiger partial charge >= 0.3 is 0 Å². The Morgan fingerprint density at radius 3 is 2.45 bits per heavy atom. The van der Waals surface area contributed by atoms with Gasteiger partial charge in [-0.25, -0.2) is 0 Å². The zero-order valence-corrected chi connectivity index (χ0v) is 6.95. The molecule has 11 heavy (non-hydrogen) atoms. The Hall–Kier alpha value is -0.160. The highest BCUT2D eigenvalue weighted by Crippen LogP contribution is 2.33. The summed E-state index contributed by atoms with van der Waals surface area (Å²) in [5.41, 5.74) is -0.340. The second kappa shape index (κ2) is 3.06. The summed E-state index contributed by atoms with van der Waals surface area (Å²) in [5, 5.41) is 19.2. The molecule has 2 N–H and O–H groups in total. The van der Waals surface area contributed by atoms with E-state index in [1.165, 1.54) is 0 Å². The van der Waals surface area contributed by atoms with Crippen LogP contribution in [0.2, 0.25) is 0 Å². The van der Waals surface area contributed by atoms with Crippen LogP contribution in [0.1, 0.15) is 20.3 Å². The monoisotopic (exact) mass is 161 g/mol. The van der Waals surface area contributed by atoms with Gasteiger partial charge in [0.25, 0.3) is 0 Å². The molecule has 4 nitrogen and oxygen atoms in total. The Morgan fingerprint density at radius 1 is 1.73 bits per heavy atom. The van der Waals surface area contributed by atoms with Gasteiger partial charge in [-0.05, 0) is 6.42 Å². The molecule has 0 radical (unpaired) electrons. The summed E-state index contributed by atoms with van der Waals surface area (Å²) in [6.45, 7) is 4.14. The molecule has 1 saturated heterocycles. The number of hydrogen-bond donors (Lipinski definition) is 2. The summed E-state index contributed by atoms with van der Waals surface area (Å²) in [6.07, 6.45) is 0.447. The van der Waals surface area contributed by atoms with Gasteiger partial charge in [-0.15, -0.1) is 5.06 Å². The van der Waals surface area contributed by atoms with E-state index >= 15 is 0 Å². The largest absolute Gasteiger partial charge is 0.396 e. The first kappa shape index (κ1) is 8.93. The molecule has 1 rings (SSSR count). The lowest BCUT2D eigenvalue weighted by Crippen LogP contribution is -2.57. The first-order valence-corrected chi connectivity index (χ1v) is 3.82. The van der Waals surface area contributed by atoms with E-state index in [4.69, 9.17) is 15.1 Å². The van der Waals surface area contributed by atoms with E-state index in [1.807, 2.05) is 13.8 Å². The summed E-state index contributed by atoms with van der Waals surface area (Å²) in [5.74, 6) is 0. The highest BCUT2D eigenvalue weighted by molar-refractivity contribution is 4.82. The molecule has 1 aliphatic heterocycles. The molecule has 0 aliphatic carbocycles. The van der Waals surface area contributed by atoms with E-state index in [0.29, 0.717) is 0 Å². The maximum Gasteiger partial charge on any atom is 0.144 e. The van der Waals surface area contributed by atoms with E-state index in [9.17, 15) is 0 Å². The van der Waals surface area contributed by atoms with E-state index in [-0.39, 0.29) is 25.0 Å². The predicted octanol–water partition coefficient (Wildman–Crippen LogP) is 0.400. The lowest BCUT2D eigenvalue weighted by atomic mass is 9.85. The van der Waals surface area contributed by atoms with Gasteiger partial charge < -0.3 is 15.1 Å². The molecule has 0 aromatic carbocycles. The lowest BCUT2D eigenvalue weighted by Gasteiger charge is -2.45. The molecule has 1 aliphatic rings. The number of aliphatic hydroxyl groups is 1. The van der Waals surface area contributed by atoms with E-state index in [1.54, 1.807) is 0 Å². The molecule has 1 heterocycles. The first-order chi connectivity index (χ1) is 5.14. The molecule has 2 atom stereocenters. The fourth-order valence-corrected chi connectivity index (χ4v) is 1.14. The van der Waals surface area contributed by atoms with Crippen LogP contribution >= 0.6 is 0 Å². The minimum Gasteiger partial charge on any atom is -0.396 e. The zero-order chi connectivity index (χ0) is 8.48. The van der Waals surface area contributed by atoms with Crippen LogP contribution in [0.5, 0.6) is 0 Å². The van der Waals surface area contributed by atoms with Crippen molar-refractivity contribution in [2.24, 2.45) is 5.41 Å². The number of ether oxygens (including phenoxy) is 1. The molecule has 66 valence electrons. The molecule has 1 fully saturated rings. The van der Waals surface area contributed by atoms with Crippen molar-refractivity contribution in [3.8, 4) is 0 Å². The smallest absolute Gasteiger partial charge is 0.144 e. The SMILES string of the molecule is CCC(C)(CO)C1OCN1O. The van der Waals surface area contributed by atoms with Crippen molar-refractivity contribution in [2.75, 3.05) is 13.3 Å². The lowest BCUT2D eigenvalue weighted by molar-refractivity contribution is -0.385. The Bertz CT molecular complexity index is 136. The second-order valence-electron chi connectivity index (χ2n) is 3.25. The third-order valence-electron chi connectivity index (χ3n) is 2.40. The van der Waals surface area contributed by atoms with Crippen molar-refractivity contribution >= 4 is 0 Å². The Labute approximate surface area is 66.3 Å². The second-order valence-corrected chi connectivity index (χ2v) is 3.25. The number of nitrogens with zero attached hydrogens (tertiary/aromatic N) is 1. The topological polar surface area (TPSA) is 52.9 Å². The van der Waals surface area contributed by atoms with E-state index in [2.05, 4.69) is 0 Å². The number of hydrogen-bond acceptors (Lipinski definition) is 4. The molecule has 4 heteroatoms. The Morgan fingerprint density at radius 2 is 2.36 bits per heavy atom. The van der Waals surface area contributed by atoms with Gasteiger partial charge in [-0.1, -0.05) is 13.8 Å². The van der Waals surface area contributed by atoms with Crippen LogP contribution in [0.4, 0.5) is 0 Å². The van der Waals surface area contributed by atoms with Crippen LogP contribution in [0.15, 0.2) is 0 Å². The molecule has 0 aromatic rings. The highest BCUT2D eigenvalue weighted by Gasteiger charge is 2.42. The molecule has 0 amide bonds. The Balaban J connectivity index is 2.54. The van der Waals surface area contributed by atoms with Gasteiger partial charge in [-0.2, -0.15) is 0 Å². The zero-order valence-electron chi connectivity index (χ0n) is 6.95. The summed E-state index contributed by atoms with van der Waals surface area (Å²) in [4.78, 5) is 0. The number of rotatable bonds is 3. The summed E-state index contributed by atoms with van der Waals surface area (Å²) < 4.78 is 5.11. The van der Waals surface area contributed by atoms with Crippen molar-refractivity contribution in [1.29, 1.82) is 0 Å². The third-order valence-corrected chi connectivity index (χ3v) is 2.40. The summed E-state index contributed by atoms with van der Waals surface area (Å²) >= 11 is 0. The highest BCUT2D eigenvalue weighted by atomic mass is 16.7. The normalized spacial score (nSPS) is 31.1. The average molecular weight is 161 g/mol. The average Bonchev–Trinajstić information content (AvgIpc) is 2.01. The van der Waals surface area contributed by atoms with Gasteiger partial charge in [0.15, 0.2) is 0 Å². The van der Waals surface area contributed by atoms with Gasteiger partial charge in [0.05, 0.1) is 6.61 Å². The Kier molecular flexibility index (Phi) is 2.49. The van der Waals surface area contributed by atoms with Crippen LogP contribution in [0.3, 0.4) is 0 Å². The summed E-state index contributed by atoms with van der Waals surface area (Å²) in [7, 11) is 0. The number of aliphatic hydroxyl groups excluding tert-OH is 1. The molecule has 0 saturated carbocycles. The van der Waals surface area contributed by atoms with Gasteiger partial charge in [0, 0.05) is 5.41 Å². The van der Waals surface area contributed by atoms with Crippen LogP contribution in [-0.2, 0) is 4.74 Å². The molecule has 0 aromatic heterocycles. The van der Waals surface area contributed by atoms with Crippen molar-refractivity contribution in [3.63, 3.8) is 0 Å². The quantitative estimate of drug-likeness (QED) is 0.629. The van der Waals surface area contributed by atoms with E-state index in [0.717, 1.165) is 11.5 Å². The molecule has 2 unspecified atom stereocenters. The van der Waals surface area contributed by atoms with Crippen molar-refractivity contribution < 1.29 is 15.1 Å². The third kappa shape index (κ3) is 1.39. The maximum absolute atomic E-state index is 9.10. The predicted molar refractivity (Wildman–Crippen MR) is 38.8 cm³/mol. The first-order valence-electron chi connectivity index (χ1n) is 3.82. The molecule has 0 spiro atoms.